The van der Waals surface area contributed by atoms with Gasteiger partial charge in [-0.3, -0.25) is 0 Å². The van der Waals surface area contributed by atoms with Crippen molar-refractivity contribution in [3.63, 3.8) is 0 Å². The smallest absolute Gasteiger partial charge is 0.434 e. The van der Waals surface area contributed by atoms with Crippen LogP contribution in [0.1, 0.15) is 50.7 Å². The Hall–Kier alpha value is -1.40. The molecule has 0 unspecified atom stereocenters. The van der Waals surface area contributed by atoms with Gasteiger partial charge in [0.15, 0.2) is 0 Å². The van der Waals surface area contributed by atoms with Crippen LogP contribution < -0.4 is 4.74 Å². The maximum absolute atomic E-state index is 12.6. The van der Waals surface area contributed by atoms with Gasteiger partial charge in [0, 0.05) is 0 Å². The summed E-state index contributed by atoms with van der Waals surface area (Å²) in [5.41, 5.74) is 0.922. The minimum atomic E-state index is -5.53. The van der Waals surface area contributed by atoms with Gasteiger partial charge >= 0.3 is 12.4 Å². The molecule has 1 rings (SSSR count). The van der Waals surface area contributed by atoms with E-state index in [4.69, 9.17) is 0 Å². The Morgan fingerprint density at radius 2 is 1.32 bits per heavy atom. The van der Waals surface area contributed by atoms with Gasteiger partial charge in [-0.2, -0.15) is 26.3 Å². The van der Waals surface area contributed by atoms with Crippen molar-refractivity contribution in [1.82, 2.24) is 0 Å². The van der Waals surface area contributed by atoms with Crippen molar-refractivity contribution in [2.24, 2.45) is 0 Å². The molecule has 0 aromatic heterocycles. The monoisotopic (exact) mass is 328 g/mol. The molecule has 0 bridgehead atoms. The van der Waals surface area contributed by atoms with E-state index in [1.165, 1.54) is 12.1 Å². The van der Waals surface area contributed by atoms with Gasteiger partial charge in [0.25, 0.3) is 6.10 Å². The molecular formula is C15H18F6O. The Labute approximate surface area is 125 Å². The van der Waals surface area contributed by atoms with E-state index in [2.05, 4.69) is 4.74 Å². The largest absolute Gasteiger partial charge is 0.471 e. The molecule has 0 spiro atoms. The Morgan fingerprint density at radius 3 is 1.68 bits per heavy atom. The maximum atomic E-state index is 12.6. The van der Waals surface area contributed by atoms with Gasteiger partial charge in [0.2, 0.25) is 0 Å². The van der Waals surface area contributed by atoms with Crippen LogP contribution in [0.15, 0.2) is 18.2 Å². The number of rotatable bonds is 4. The minimum absolute atomic E-state index is 0.0428. The zero-order valence-electron chi connectivity index (χ0n) is 12.6. The highest BCUT2D eigenvalue weighted by atomic mass is 19.4. The summed E-state index contributed by atoms with van der Waals surface area (Å²) in [7, 11) is 0. The predicted octanol–water partition coefficient (Wildman–Crippen LogP) is 5.81. The van der Waals surface area contributed by atoms with Gasteiger partial charge in [0.05, 0.1) is 0 Å². The predicted molar refractivity (Wildman–Crippen MR) is 71.1 cm³/mol. The average molecular weight is 328 g/mol. The molecule has 0 saturated carbocycles. The van der Waals surface area contributed by atoms with Crippen molar-refractivity contribution in [3.8, 4) is 5.75 Å². The number of alkyl halides is 6. The first-order valence-electron chi connectivity index (χ1n) is 6.78. The van der Waals surface area contributed by atoms with Crippen molar-refractivity contribution in [2.75, 3.05) is 0 Å². The summed E-state index contributed by atoms with van der Waals surface area (Å²) in [5, 5.41) is 0. The number of hydrogen-bond donors (Lipinski definition) is 0. The molecule has 7 heteroatoms. The van der Waals surface area contributed by atoms with Crippen LogP contribution in [0.5, 0.6) is 5.75 Å². The fourth-order valence-electron chi connectivity index (χ4n) is 1.94. The fraction of sp³-hybridized carbons (Fsp3) is 0.600. The lowest BCUT2D eigenvalue weighted by atomic mass is 9.96. The van der Waals surface area contributed by atoms with Crippen LogP contribution in [0.4, 0.5) is 26.3 Å². The molecule has 0 amide bonds. The molecule has 1 aromatic rings. The van der Waals surface area contributed by atoms with E-state index >= 15 is 0 Å². The molecule has 0 radical (unpaired) electrons. The summed E-state index contributed by atoms with van der Waals surface area (Å²) < 4.78 is 80.3. The molecule has 126 valence electrons. The summed E-state index contributed by atoms with van der Waals surface area (Å²) >= 11 is 0. The molecule has 1 aromatic carbocycles. The second kappa shape index (κ2) is 6.38. The van der Waals surface area contributed by atoms with E-state index in [0.717, 1.165) is 0 Å². The van der Waals surface area contributed by atoms with Gasteiger partial charge in [-0.25, -0.2) is 0 Å². The van der Waals surface area contributed by atoms with Crippen LogP contribution in [0.2, 0.25) is 0 Å². The van der Waals surface area contributed by atoms with Gasteiger partial charge in [0.1, 0.15) is 5.75 Å². The van der Waals surface area contributed by atoms with Crippen molar-refractivity contribution >= 4 is 0 Å². The topological polar surface area (TPSA) is 9.23 Å². The van der Waals surface area contributed by atoms with Crippen LogP contribution in [-0.4, -0.2) is 18.5 Å². The highest BCUT2D eigenvalue weighted by Gasteiger charge is 2.59. The van der Waals surface area contributed by atoms with E-state index in [-0.39, 0.29) is 17.6 Å². The molecule has 0 fully saturated rings. The van der Waals surface area contributed by atoms with Gasteiger partial charge in [-0.05, 0) is 29.0 Å². The highest BCUT2D eigenvalue weighted by molar-refractivity contribution is 5.40. The van der Waals surface area contributed by atoms with Crippen molar-refractivity contribution < 1.29 is 31.1 Å². The van der Waals surface area contributed by atoms with Crippen molar-refractivity contribution in [3.05, 3.63) is 29.3 Å². The number of hydrogen-bond acceptors (Lipinski definition) is 1. The fourth-order valence-corrected chi connectivity index (χ4v) is 1.94. The number of ether oxygens (including phenoxy) is 1. The maximum Gasteiger partial charge on any atom is 0.434 e. The molecule has 1 nitrogen and oxygen atoms in total. The lowest BCUT2D eigenvalue weighted by Gasteiger charge is -2.26. The molecule has 0 atom stereocenters. The van der Waals surface area contributed by atoms with E-state index in [1.54, 1.807) is 33.8 Å². The average Bonchev–Trinajstić information content (AvgIpc) is 2.32. The first-order valence-corrected chi connectivity index (χ1v) is 6.78. The summed E-state index contributed by atoms with van der Waals surface area (Å²) in [4.78, 5) is 0. The number of halogens is 6. The molecule has 0 aliphatic carbocycles. The summed E-state index contributed by atoms with van der Waals surface area (Å²) in [6.45, 7) is 6.93. The summed E-state index contributed by atoms with van der Waals surface area (Å²) in [6.07, 6.45) is -14.9. The standard InChI is InChI=1S/C15H18F6O/c1-8(2)10-5-6-11(9(3)4)12(7-10)22-13(14(16,17)18)15(19,20)21/h5-9,13H,1-4H3. The second-order valence-electron chi connectivity index (χ2n) is 5.69. The Bertz CT molecular complexity index is 488. The molecule has 0 aliphatic heterocycles. The Balaban J connectivity index is 3.31. The lowest BCUT2D eigenvalue weighted by Crippen LogP contribution is -2.46. The normalized spacial score (nSPS) is 13.3. The first kappa shape index (κ1) is 18.6. The quantitative estimate of drug-likeness (QED) is 0.634. The molecule has 0 N–H and O–H groups in total. The molecule has 0 saturated heterocycles. The van der Waals surface area contributed by atoms with Crippen LogP contribution in [0, 0.1) is 0 Å². The van der Waals surface area contributed by atoms with Crippen molar-refractivity contribution in [1.29, 1.82) is 0 Å². The second-order valence-corrected chi connectivity index (χ2v) is 5.69. The third kappa shape index (κ3) is 4.55. The van der Waals surface area contributed by atoms with Gasteiger partial charge in [-0.15, -0.1) is 0 Å². The molecule has 0 heterocycles. The van der Waals surface area contributed by atoms with Crippen LogP contribution in [-0.2, 0) is 0 Å². The first-order chi connectivity index (χ1) is 9.84. The third-order valence-corrected chi connectivity index (χ3v) is 3.17. The van der Waals surface area contributed by atoms with Crippen molar-refractivity contribution in [2.45, 2.75) is 58.0 Å². The zero-order valence-corrected chi connectivity index (χ0v) is 12.6. The lowest BCUT2D eigenvalue weighted by molar-refractivity contribution is -0.300. The van der Waals surface area contributed by atoms with Gasteiger partial charge in [-0.1, -0.05) is 39.8 Å². The Morgan fingerprint density at radius 1 is 0.818 bits per heavy atom. The van der Waals surface area contributed by atoms with Gasteiger partial charge < -0.3 is 4.74 Å². The summed E-state index contributed by atoms with van der Waals surface area (Å²) in [6, 6.07) is 4.45. The minimum Gasteiger partial charge on any atom is -0.471 e. The van der Waals surface area contributed by atoms with E-state index < -0.39 is 18.5 Å². The van der Waals surface area contributed by atoms with E-state index in [0.29, 0.717) is 11.1 Å². The zero-order chi connectivity index (χ0) is 17.3. The van der Waals surface area contributed by atoms with Crippen LogP contribution >= 0.6 is 0 Å². The number of benzene rings is 1. The molecule has 22 heavy (non-hydrogen) atoms. The summed E-state index contributed by atoms with van der Waals surface area (Å²) in [5.74, 6) is -0.682. The Kier molecular flexibility index (Phi) is 5.41. The van der Waals surface area contributed by atoms with Crippen LogP contribution in [0.3, 0.4) is 0 Å². The SMILES string of the molecule is CC(C)c1ccc(C(C)C)c(OC(C(F)(F)F)C(F)(F)F)c1. The van der Waals surface area contributed by atoms with E-state index in [9.17, 15) is 26.3 Å². The highest BCUT2D eigenvalue weighted by Crippen LogP contribution is 2.39. The molecule has 0 aliphatic rings. The molecular weight excluding hydrogens is 310 g/mol. The van der Waals surface area contributed by atoms with E-state index in [1.807, 2.05) is 0 Å². The third-order valence-electron chi connectivity index (χ3n) is 3.17. The van der Waals surface area contributed by atoms with Crippen LogP contribution in [0.25, 0.3) is 0 Å².